The Morgan fingerprint density at radius 1 is 0.403 bits per heavy atom. The Hall–Kier alpha value is -3.14. The highest BCUT2D eigenvalue weighted by atomic mass is 16.6. The van der Waals surface area contributed by atoms with Crippen LogP contribution in [0.5, 0.6) is 0 Å². The fourth-order valence-electron chi connectivity index (χ4n) is 8.75. The van der Waals surface area contributed by atoms with Crippen LogP contribution in [0, 0.1) is 0 Å². The number of allylic oxidation sites excluding steroid dienone is 6. The molecular weight excluding hydrogens is 901 g/mol. The van der Waals surface area contributed by atoms with Crippen LogP contribution in [0.25, 0.3) is 0 Å². The number of amides is 1. The summed E-state index contributed by atoms with van der Waals surface area (Å²) in [4.78, 5) is 54.2. The molecule has 0 heterocycles. The van der Waals surface area contributed by atoms with E-state index in [-0.39, 0.29) is 38.0 Å². The number of alkyl carbamates (subject to hydrolysis) is 1. The minimum atomic E-state index is -0.920. The lowest BCUT2D eigenvalue weighted by molar-refractivity contribution is -0.167. The van der Waals surface area contributed by atoms with Crippen molar-refractivity contribution in [3.63, 3.8) is 0 Å². The molecule has 1 amide bonds. The van der Waals surface area contributed by atoms with Gasteiger partial charge in [-0.3, -0.25) is 14.4 Å². The summed E-state index contributed by atoms with van der Waals surface area (Å²) in [6.07, 6.45) is 52.9. The number of carbonyl (C=O) groups excluding carboxylic acids is 4. The van der Waals surface area contributed by atoms with Gasteiger partial charge in [-0.2, -0.15) is 0 Å². The molecule has 0 fully saturated rings. The van der Waals surface area contributed by atoms with Crippen molar-refractivity contribution in [2.45, 2.75) is 297 Å². The summed E-state index contributed by atoms with van der Waals surface area (Å²) in [5.74, 6) is -1.19. The van der Waals surface area contributed by atoms with E-state index in [9.17, 15) is 19.2 Å². The third kappa shape index (κ3) is 50.4. The van der Waals surface area contributed by atoms with Crippen molar-refractivity contribution >= 4 is 24.0 Å². The van der Waals surface area contributed by atoms with Crippen molar-refractivity contribution in [2.75, 3.05) is 39.4 Å². The van der Waals surface area contributed by atoms with E-state index in [0.29, 0.717) is 25.8 Å². The molecular formula is C62H114N2O8. The molecule has 2 unspecified atom stereocenters. The van der Waals surface area contributed by atoms with Crippen molar-refractivity contribution in [3.05, 3.63) is 36.5 Å². The number of esters is 3. The maximum absolute atomic E-state index is 13.4. The smallest absolute Gasteiger partial charge is 0.407 e. The lowest BCUT2D eigenvalue weighted by Crippen LogP contribution is -2.36. The molecule has 0 saturated carbocycles. The van der Waals surface area contributed by atoms with E-state index < -0.39 is 24.3 Å². The van der Waals surface area contributed by atoms with Gasteiger partial charge in [0.2, 0.25) is 0 Å². The third-order valence-corrected chi connectivity index (χ3v) is 13.5. The van der Waals surface area contributed by atoms with E-state index >= 15 is 0 Å². The molecule has 0 spiro atoms. The van der Waals surface area contributed by atoms with Gasteiger partial charge in [-0.1, -0.05) is 212 Å². The second-order valence-corrected chi connectivity index (χ2v) is 20.3. The van der Waals surface area contributed by atoms with Crippen molar-refractivity contribution < 1.29 is 38.1 Å². The largest absolute Gasteiger partial charge is 0.462 e. The predicted molar refractivity (Wildman–Crippen MR) is 302 cm³/mol. The number of nitrogens with zero attached hydrogens (tertiary/aromatic N) is 1. The number of rotatable bonds is 54. The SMILES string of the molecule is CCCCC/C=C\C/C=C\CCCCCCCC(=O)OCC(COC(=O)CCCCCCCCCC/C=C\CCCCC)OC(=O)CCC(CCCCCCCCCCCC)OC(=O)NCCN(CC)CC. The van der Waals surface area contributed by atoms with Crippen LogP contribution >= 0.6 is 0 Å². The summed E-state index contributed by atoms with van der Waals surface area (Å²) in [5, 5.41) is 2.89. The van der Waals surface area contributed by atoms with Gasteiger partial charge in [0.05, 0.1) is 0 Å². The second kappa shape index (κ2) is 55.6. The number of ether oxygens (including phenoxy) is 4. The monoisotopic (exact) mass is 1010 g/mol. The van der Waals surface area contributed by atoms with Crippen molar-refractivity contribution in [1.29, 1.82) is 0 Å². The van der Waals surface area contributed by atoms with Crippen LogP contribution in [0.2, 0.25) is 0 Å². The topological polar surface area (TPSA) is 120 Å². The summed E-state index contributed by atoms with van der Waals surface area (Å²) in [7, 11) is 0. The second-order valence-electron chi connectivity index (χ2n) is 20.3. The van der Waals surface area contributed by atoms with Crippen LogP contribution in [0.1, 0.15) is 285 Å². The van der Waals surface area contributed by atoms with Gasteiger partial charge in [-0.25, -0.2) is 4.79 Å². The van der Waals surface area contributed by atoms with Gasteiger partial charge in [0.25, 0.3) is 0 Å². The number of hydrogen-bond donors (Lipinski definition) is 1. The Labute approximate surface area is 443 Å². The van der Waals surface area contributed by atoms with Crippen LogP contribution in [-0.2, 0) is 33.3 Å². The fraction of sp³-hybridized carbons (Fsp3) is 0.839. The molecule has 10 heteroatoms. The standard InChI is InChI=1S/C62H114N2O8/c1-6-11-14-17-20-23-26-28-30-32-34-37-40-43-46-49-59(65)69-55-58(56-70-60(66)50-47-44-41-38-35-33-31-29-27-24-21-18-15-12-7-2)71-61(67)52-51-57(72-62(68)63-53-54-64(9-4)10-5)48-45-42-39-36-25-22-19-16-13-8-3/h20-21,23-24,28,30,57-58H,6-19,22,25-27,29,31-56H2,1-5H3,(H,63,68)/b23-20-,24-21-,30-28-. The van der Waals surface area contributed by atoms with Crippen LogP contribution in [-0.4, -0.2) is 80.5 Å². The minimum Gasteiger partial charge on any atom is -0.462 e. The van der Waals surface area contributed by atoms with Gasteiger partial charge in [-0.05, 0) is 103 Å². The summed E-state index contributed by atoms with van der Waals surface area (Å²) >= 11 is 0. The molecule has 0 radical (unpaired) electrons. The van der Waals surface area contributed by atoms with Gasteiger partial charge in [0.15, 0.2) is 6.10 Å². The molecule has 0 aliphatic carbocycles. The molecule has 10 nitrogen and oxygen atoms in total. The van der Waals surface area contributed by atoms with Gasteiger partial charge in [0, 0.05) is 32.4 Å². The molecule has 0 aliphatic rings. The fourth-order valence-corrected chi connectivity index (χ4v) is 8.75. The zero-order valence-electron chi connectivity index (χ0n) is 47.7. The van der Waals surface area contributed by atoms with Crippen molar-refractivity contribution in [1.82, 2.24) is 10.2 Å². The molecule has 420 valence electrons. The average Bonchev–Trinajstić information content (AvgIpc) is 3.38. The Bertz CT molecular complexity index is 1310. The maximum Gasteiger partial charge on any atom is 0.407 e. The highest BCUT2D eigenvalue weighted by Crippen LogP contribution is 2.18. The maximum atomic E-state index is 13.4. The lowest BCUT2D eigenvalue weighted by Gasteiger charge is -2.21. The van der Waals surface area contributed by atoms with Crippen molar-refractivity contribution in [3.8, 4) is 0 Å². The molecule has 0 aromatic rings. The van der Waals surface area contributed by atoms with E-state index in [1.807, 2.05) is 0 Å². The van der Waals surface area contributed by atoms with Crippen LogP contribution in [0.15, 0.2) is 36.5 Å². The zero-order chi connectivity index (χ0) is 52.6. The van der Waals surface area contributed by atoms with E-state index in [1.165, 1.54) is 135 Å². The Morgan fingerprint density at radius 2 is 0.792 bits per heavy atom. The number of carbonyl (C=O) groups is 4. The molecule has 0 aromatic carbocycles. The van der Waals surface area contributed by atoms with Gasteiger partial charge >= 0.3 is 24.0 Å². The van der Waals surface area contributed by atoms with Crippen LogP contribution in [0.4, 0.5) is 4.79 Å². The first-order valence-electron chi connectivity index (χ1n) is 30.4. The predicted octanol–water partition coefficient (Wildman–Crippen LogP) is 17.4. The van der Waals surface area contributed by atoms with Gasteiger partial charge in [0.1, 0.15) is 19.3 Å². The first kappa shape index (κ1) is 68.9. The summed E-state index contributed by atoms with van der Waals surface area (Å²) in [6.45, 7) is 13.6. The summed E-state index contributed by atoms with van der Waals surface area (Å²) < 4.78 is 22.9. The normalized spacial score (nSPS) is 12.6. The van der Waals surface area contributed by atoms with E-state index in [2.05, 4.69) is 81.3 Å². The first-order valence-corrected chi connectivity index (χ1v) is 30.4. The molecule has 72 heavy (non-hydrogen) atoms. The van der Waals surface area contributed by atoms with Gasteiger partial charge < -0.3 is 29.2 Å². The average molecular weight is 1020 g/mol. The van der Waals surface area contributed by atoms with Gasteiger partial charge in [-0.15, -0.1) is 0 Å². The van der Waals surface area contributed by atoms with E-state index in [1.54, 1.807) is 0 Å². The molecule has 0 aromatic heterocycles. The number of unbranched alkanes of at least 4 members (excludes halogenated alkanes) is 28. The Morgan fingerprint density at radius 3 is 1.25 bits per heavy atom. The highest BCUT2D eigenvalue weighted by Gasteiger charge is 2.22. The van der Waals surface area contributed by atoms with Crippen LogP contribution in [0.3, 0.4) is 0 Å². The van der Waals surface area contributed by atoms with E-state index in [0.717, 1.165) is 103 Å². The molecule has 0 rings (SSSR count). The van der Waals surface area contributed by atoms with Crippen molar-refractivity contribution in [2.24, 2.45) is 0 Å². The molecule has 0 aliphatic heterocycles. The quantitative estimate of drug-likeness (QED) is 0.0275. The lowest BCUT2D eigenvalue weighted by atomic mass is 10.0. The minimum absolute atomic E-state index is 0.0235. The molecule has 2 atom stereocenters. The Kier molecular flexibility index (Phi) is 53.2. The molecule has 0 bridgehead atoms. The summed E-state index contributed by atoms with van der Waals surface area (Å²) in [5.41, 5.74) is 0. The number of hydrogen-bond acceptors (Lipinski definition) is 9. The Balaban J connectivity index is 5.09. The highest BCUT2D eigenvalue weighted by molar-refractivity contribution is 5.71. The first-order chi connectivity index (χ1) is 35.3. The molecule has 1 N–H and O–H groups in total. The zero-order valence-corrected chi connectivity index (χ0v) is 47.7. The molecule has 0 saturated heterocycles. The number of likely N-dealkylation sites (N-methyl/N-ethyl adjacent to an activating group) is 1. The third-order valence-electron chi connectivity index (χ3n) is 13.5. The summed E-state index contributed by atoms with van der Waals surface area (Å²) in [6, 6.07) is 0. The van der Waals surface area contributed by atoms with E-state index in [4.69, 9.17) is 18.9 Å². The number of nitrogens with one attached hydrogen (secondary N) is 1. The van der Waals surface area contributed by atoms with Crippen LogP contribution < -0.4 is 5.32 Å².